The van der Waals surface area contributed by atoms with Crippen LogP contribution in [0.25, 0.3) is 10.2 Å². The fourth-order valence-corrected chi connectivity index (χ4v) is 4.31. The lowest BCUT2D eigenvalue weighted by molar-refractivity contribution is -0.122. The van der Waals surface area contributed by atoms with E-state index in [9.17, 15) is 9.59 Å². The average molecular weight is 398 g/mol. The summed E-state index contributed by atoms with van der Waals surface area (Å²) in [5.41, 5.74) is 9.10. The Hall–Kier alpha value is -2.93. The van der Waals surface area contributed by atoms with E-state index in [0.717, 1.165) is 22.3 Å². The van der Waals surface area contributed by atoms with Crippen LogP contribution in [0.15, 0.2) is 36.4 Å². The van der Waals surface area contributed by atoms with Gasteiger partial charge in [-0.25, -0.2) is 9.78 Å². The van der Waals surface area contributed by atoms with Gasteiger partial charge in [-0.1, -0.05) is 18.2 Å². The summed E-state index contributed by atoms with van der Waals surface area (Å²) in [6, 6.07) is 11.1. The van der Waals surface area contributed by atoms with Gasteiger partial charge in [-0.15, -0.1) is 11.3 Å². The summed E-state index contributed by atoms with van der Waals surface area (Å²) in [5.74, 6) is -0.901. The summed E-state index contributed by atoms with van der Waals surface area (Å²) in [5, 5.41) is 0.766. The number of esters is 1. The van der Waals surface area contributed by atoms with E-state index in [2.05, 4.69) is 4.98 Å². The van der Waals surface area contributed by atoms with Gasteiger partial charge < -0.3 is 15.4 Å². The van der Waals surface area contributed by atoms with Gasteiger partial charge in [0.1, 0.15) is 9.71 Å². The number of nitrogen functional groups attached to an aromatic ring is 1. The van der Waals surface area contributed by atoms with E-state index in [1.54, 1.807) is 4.90 Å². The first kappa shape index (κ1) is 19.8. The number of nitrogens with zero attached hydrogens (tertiary/aromatic N) is 2. The maximum Gasteiger partial charge on any atom is 0.351 e. The zero-order chi connectivity index (χ0) is 20.4. The lowest BCUT2D eigenvalue weighted by Crippen LogP contribution is -2.39. The van der Waals surface area contributed by atoms with Gasteiger partial charge in [0, 0.05) is 22.8 Å². The minimum Gasteiger partial charge on any atom is -0.451 e. The Balaban J connectivity index is 1.78. The number of carbonyl (C=O) groups is 2. The van der Waals surface area contributed by atoms with Gasteiger partial charge in [-0.3, -0.25) is 4.79 Å². The van der Waals surface area contributed by atoms with E-state index in [1.807, 2.05) is 64.1 Å². The van der Waals surface area contributed by atoms with Crippen LogP contribution in [0.5, 0.6) is 0 Å². The molecule has 0 aliphatic rings. The number of thiophene rings is 1. The number of amides is 1. The molecule has 3 aromatic rings. The molecule has 0 fully saturated rings. The first-order valence-corrected chi connectivity index (χ1v) is 9.81. The van der Waals surface area contributed by atoms with Crippen molar-refractivity contribution in [1.82, 2.24) is 4.98 Å². The number of pyridine rings is 1. The van der Waals surface area contributed by atoms with Crippen LogP contribution in [-0.4, -0.2) is 29.5 Å². The summed E-state index contributed by atoms with van der Waals surface area (Å²) >= 11 is 1.19. The molecular formula is C21H23N3O3S. The zero-order valence-corrected chi connectivity index (χ0v) is 17.2. The van der Waals surface area contributed by atoms with Crippen molar-refractivity contribution >= 4 is 44.8 Å². The molecule has 2 heterocycles. The van der Waals surface area contributed by atoms with Crippen molar-refractivity contribution in [3.63, 3.8) is 0 Å². The molecule has 2 aromatic heterocycles. The van der Waals surface area contributed by atoms with Crippen molar-refractivity contribution in [3.05, 3.63) is 52.5 Å². The van der Waals surface area contributed by atoms with Gasteiger partial charge in [-0.05, 0) is 51.5 Å². The quantitative estimate of drug-likeness (QED) is 0.655. The number of hydrogen-bond donors (Lipinski definition) is 1. The summed E-state index contributed by atoms with van der Waals surface area (Å²) < 4.78 is 5.30. The molecule has 0 saturated carbocycles. The van der Waals surface area contributed by atoms with Crippen LogP contribution in [0, 0.1) is 13.8 Å². The smallest absolute Gasteiger partial charge is 0.351 e. The summed E-state index contributed by atoms with van der Waals surface area (Å²) in [4.78, 5) is 32.3. The second-order valence-electron chi connectivity index (χ2n) is 6.87. The highest BCUT2D eigenvalue weighted by Gasteiger charge is 2.24. The van der Waals surface area contributed by atoms with Crippen LogP contribution < -0.4 is 10.6 Å². The summed E-state index contributed by atoms with van der Waals surface area (Å²) in [6.07, 6.45) is 0. The highest BCUT2D eigenvalue weighted by Crippen LogP contribution is 2.35. The Morgan fingerprint density at radius 3 is 2.54 bits per heavy atom. The third kappa shape index (κ3) is 3.84. The number of nitrogens with two attached hydrogens (primary N) is 1. The summed E-state index contributed by atoms with van der Waals surface area (Å²) in [6.45, 7) is 7.29. The molecule has 0 saturated heterocycles. The summed E-state index contributed by atoms with van der Waals surface area (Å²) in [7, 11) is 0. The van der Waals surface area contributed by atoms with Crippen LogP contribution >= 0.6 is 11.3 Å². The Kier molecular flexibility index (Phi) is 5.65. The molecule has 0 unspecified atom stereocenters. The van der Waals surface area contributed by atoms with Crippen molar-refractivity contribution in [1.29, 1.82) is 0 Å². The second-order valence-corrected chi connectivity index (χ2v) is 7.87. The average Bonchev–Trinajstić information content (AvgIpc) is 2.97. The van der Waals surface area contributed by atoms with E-state index in [-0.39, 0.29) is 23.4 Å². The SMILES string of the molecule is Cc1cc(C)c2c(N)c(C(=O)OCC(=O)N(c3ccccc3)C(C)C)sc2n1. The van der Waals surface area contributed by atoms with Crippen LogP contribution in [0.4, 0.5) is 11.4 Å². The number of hydrogen-bond acceptors (Lipinski definition) is 6. The third-order valence-electron chi connectivity index (χ3n) is 4.36. The number of aryl methyl sites for hydroxylation is 2. The Morgan fingerprint density at radius 1 is 1.21 bits per heavy atom. The topological polar surface area (TPSA) is 85.5 Å². The number of rotatable bonds is 5. The van der Waals surface area contributed by atoms with Gasteiger partial charge in [-0.2, -0.15) is 0 Å². The molecule has 146 valence electrons. The van der Waals surface area contributed by atoms with Gasteiger partial charge in [0.15, 0.2) is 6.61 Å². The first-order valence-electron chi connectivity index (χ1n) is 9.00. The van der Waals surface area contributed by atoms with E-state index < -0.39 is 5.97 Å². The van der Waals surface area contributed by atoms with Crippen molar-refractivity contribution < 1.29 is 14.3 Å². The van der Waals surface area contributed by atoms with E-state index in [0.29, 0.717) is 10.5 Å². The molecule has 1 aromatic carbocycles. The van der Waals surface area contributed by atoms with Gasteiger partial charge >= 0.3 is 5.97 Å². The third-order valence-corrected chi connectivity index (χ3v) is 5.44. The molecule has 0 spiro atoms. The molecule has 6 nitrogen and oxygen atoms in total. The number of anilines is 2. The molecular weight excluding hydrogens is 374 g/mol. The molecule has 3 rings (SSSR count). The Bertz CT molecular complexity index is 1030. The van der Waals surface area contributed by atoms with Crippen LogP contribution in [-0.2, 0) is 9.53 Å². The molecule has 1 amide bonds. The van der Waals surface area contributed by atoms with Crippen LogP contribution in [0.1, 0.15) is 34.8 Å². The van der Waals surface area contributed by atoms with Crippen LogP contribution in [0.2, 0.25) is 0 Å². The maximum atomic E-state index is 12.7. The van der Waals surface area contributed by atoms with Crippen molar-refractivity contribution in [2.45, 2.75) is 33.7 Å². The van der Waals surface area contributed by atoms with E-state index in [4.69, 9.17) is 10.5 Å². The number of fused-ring (bicyclic) bond motifs is 1. The standard InChI is InChI=1S/C21H23N3O3S/c1-12(2)24(15-8-6-5-7-9-15)16(25)11-27-21(26)19-18(22)17-13(3)10-14(4)23-20(17)28-19/h5-10,12H,11,22H2,1-4H3. The monoisotopic (exact) mass is 397 g/mol. The second kappa shape index (κ2) is 7.98. The van der Waals surface area contributed by atoms with E-state index >= 15 is 0 Å². The Morgan fingerprint density at radius 2 is 1.89 bits per heavy atom. The normalized spacial score (nSPS) is 11.0. The molecule has 2 N–H and O–H groups in total. The number of aromatic nitrogens is 1. The van der Waals surface area contributed by atoms with Crippen molar-refractivity contribution in [2.24, 2.45) is 0 Å². The zero-order valence-electron chi connectivity index (χ0n) is 16.4. The lowest BCUT2D eigenvalue weighted by atomic mass is 10.1. The lowest BCUT2D eigenvalue weighted by Gasteiger charge is -2.26. The molecule has 0 radical (unpaired) electrons. The molecule has 0 atom stereocenters. The number of para-hydroxylation sites is 1. The fourth-order valence-electron chi connectivity index (χ4n) is 3.20. The highest BCUT2D eigenvalue weighted by atomic mass is 32.1. The Labute approximate surface area is 167 Å². The van der Waals surface area contributed by atoms with E-state index in [1.165, 1.54) is 11.3 Å². The minimum absolute atomic E-state index is 0.0715. The molecule has 0 aliphatic carbocycles. The predicted octanol–water partition coefficient (Wildman–Crippen LogP) is 4.09. The van der Waals surface area contributed by atoms with Gasteiger partial charge in [0.2, 0.25) is 0 Å². The molecule has 28 heavy (non-hydrogen) atoms. The fraction of sp³-hybridized carbons (Fsp3) is 0.286. The molecule has 0 aliphatic heterocycles. The van der Waals surface area contributed by atoms with Crippen molar-refractivity contribution in [3.8, 4) is 0 Å². The number of carbonyl (C=O) groups excluding carboxylic acids is 2. The largest absolute Gasteiger partial charge is 0.451 e. The highest BCUT2D eigenvalue weighted by molar-refractivity contribution is 7.21. The van der Waals surface area contributed by atoms with Gasteiger partial charge in [0.05, 0.1) is 5.69 Å². The van der Waals surface area contributed by atoms with Gasteiger partial charge in [0.25, 0.3) is 5.91 Å². The van der Waals surface area contributed by atoms with Crippen LogP contribution in [0.3, 0.4) is 0 Å². The molecule has 0 bridgehead atoms. The predicted molar refractivity (Wildman–Crippen MR) is 113 cm³/mol. The minimum atomic E-state index is -0.609. The number of ether oxygens (including phenoxy) is 1. The number of benzene rings is 1. The maximum absolute atomic E-state index is 12.7. The molecule has 7 heteroatoms. The van der Waals surface area contributed by atoms with Crippen molar-refractivity contribution in [2.75, 3.05) is 17.2 Å². The first-order chi connectivity index (χ1) is 13.3.